The molecule has 3 heterocycles. The number of methoxy groups -OCH3 is 1. The quantitative estimate of drug-likeness (QED) is 0.451. The van der Waals surface area contributed by atoms with Gasteiger partial charge in [0.2, 0.25) is 0 Å². The van der Waals surface area contributed by atoms with Crippen LogP contribution in [0.4, 0.5) is 11.4 Å². The van der Waals surface area contributed by atoms with Crippen molar-refractivity contribution in [2.24, 2.45) is 0 Å². The van der Waals surface area contributed by atoms with Crippen LogP contribution in [-0.4, -0.2) is 54.0 Å². The molecule has 2 saturated heterocycles. The van der Waals surface area contributed by atoms with Gasteiger partial charge in [0.15, 0.2) is 0 Å². The molecule has 3 aromatic rings. The molecule has 2 aliphatic rings. The first-order chi connectivity index (χ1) is 16.0. The van der Waals surface area contributed by atoms with Gasteiger partial charge in [-0.1, -0.05) is 0 Å². The standard InChI is InChI=1S/C25H28N4O4/c1-33-19-5-6-22-20(15-19)21(16-26-22)17-8-12-28(13-9-17)25(30)18-4-7-23(24(14-18)29(31)32)27-10-2-3-11-27/h4-7,14-17,26H,2-3,8-13H2,1H3. The summed E-state index contributed by atoms with van der Waals surface area (Å²) in [5.41, 5.74) is 3.35. The van der Waals surface area contributed by atoms with E-state index in [1.165, 1.54) is 11.6 Å². The molecule has 5 rings (SSSR count). The minimum absolute atomic E-state index is 0.0189. The molecule has 33 heavy (non-hydrogen) atoms. The highest BCUT2D eigenvalue weighted by Crippen LogP contribution is 2.36. The smallest absolute Gasteiger partial charge is 0.293 e. The van der Waals surface area contributed by atoms with Gasteiger partial charge in [-0.3, -0.25) is 14.9 Å². The maximum Gasteiger partial charge on any atom is 0.293 e. The fourth-order valence-corrected chi connectivity index (χ4v) is 5.19. The van der Waals surface area contributed by atoms with Gasteiger partial charge in [0.1, 0.15) is 11.4 Å². The van der Waals surface area contributed by atoms with Crippen LogP contribution in [0.5, 0.6) is 5.75 Å². The van der Waals surface area contributed by atoms with Crippen LogP contribution >= 0.6 is 0 Å². The Balaban J connectivity index is 1.31. The number of hydrogen-bond acceptors (Lipinski definition) is 5. The molecule has 0 atom stereocenters. The zero-order valence-corrected chi connectivity index (χ0v) is 18.8. The Labute approximate surface area is 192 Å². The van der Waals surface area contributed by atoms with Gasteiger partial charge in [0.25, 0.3) is 11.6 Å². The number of fused-ring (bicyclic) bond motifs is 1. The number of likely N-dealkylation sites (tertiary alicyclic amines) is 1. The number of H-pyrrole nitrogens is 1. The van der Waals surface area contributed by atoms with Crippen molar-refractivity contribution in [2.75, 3.05) is 38.2 Å². The van der Waals surface area contributed by atoms with Crippen molar-refractivity contribution in [3.63, 3.8) is 0 Å². The van der Waals surface area contributed by atoms with Gasteiger partial charge >= 0.3 is 0 Å². The number of benzene rings is 2. The first-order valence-electron chi connectivity index (χ1n) is 11.5. The van der Waals surface area contributed by atoms with Crippen LogP contribution in [0.15, 0.2) is 42.6 Å². The van der Waals surface area contributed by atoms with Gasteiger partial charge in [0.05, 0.1) is 12.0 Å². The number of hydrogen-bond donors (Lipinski definition) is 1. The van der Waals surface area contributed by atoms with E-state index in [0.29, 0.717) is 30.3 Å². The predicted molar refractivity (Wildman–Crippen MR) is 127 cm³/mol. The molecule has 0 aliphatic carbocycles. The van der Waals surface area contributed by atoms with E-state index in [1.54, 1.807) is 19.2 Å². The van der Waals surface area contributed by atoms with E-state index in [-0.39, 0.29) is 16.5 Å². The summed E-state index contributed by atoms with van der Waals surface area (Å²) in [5.74, 6) is 1.04. The van der Waals surface area contributed by atoms with Crippen LogP contribution in [0, 0.1) is 10.1 Å². The number of aromatic nitrogens is 1. The summed E-state index contributed by atoms with van der Waals surface area (Å²) in [5, 5.41) is 12.9. The van der Waals surface area contributed by atoms with Crippen molar-refractivity contribution in [1.82, 2.24) is 9.88 Å². The topological polar surface area (TPSA) is 91.7 Å². The van der Waals surface area contributed by atoms with Gasteiger partial charge in [0, 0.05) is 54.9 Å². The van der Waals surface area contributed by atoms with E-state index < -0.39 is 0 Å². The average Bonchev–Trinajstić information content (AvgIpc) is 3.53. The largest absolute Gasteiger partial charge is 0.497 e. The number of piperidine rings is 1. The lowest BCUT2D eigenvalue weighted by Gasteiger charge is -2.32. The first-order valence-corrected chi connectivity index (χ1v) is 11.5. The molecule has 172 valence electrons. The number of nitro groups is 1. The normalized spacial score (nSPS) is 17.0. The summed E-state index contributed by atoms with van der Waals surface area (Å²) < 4.78 is 5.38. The van der Waals surface area contributed by atoms with Crippen molar-refractivity contribution < 1.29 is 14.5 Å². The summed E-state index contributed by atoms with van der Waals surface area (Å²) in [6.45, 7) is 2.90. The zero-order valence-electron chi connectivity index (χ0n) is 18.8. The number of nitro benzene ring substituents is 1. The number of nitrogens with zero attached hydrogens (tertiary/aromatic N) is 3. The number of carbonyl (C=O) groups is 1. The molecule has 1 N–H and O–H groups in total. The fourth-order valence-electron chi connectivity index (χ4n) is 5.19. The third-order valence-corrected chi connectivity index (χ3v) is 7.01. The van der Waals surface area contributed by atoms with E-state index in [2.05, 4.69) is 17.2 Å². The highest BCUT2D eigenvalue weighted by Gasteiger charge is 2.29. The second kappa shape index (κ2) is 8.77. The van der Waals surface area contributed by atoms with Gasteiger partial charge in [-0.05, 0) is 67.5 Å². The Morgan fingerprint density at radius 3 is 2.55 bits per heavy atom. The Morgan fingerprint density at radius 2 is 1.85 bits per heavy atom. The number of rotatable bonds is 5. The highest BCUT2D eigenvalue weighted by atomic mass is 16.6. The summed E-state index contributed by atoms with van der Waals surface area (Å²) in [4.78, 5) is 31.7. The van der Waals surface area contributed by atoms with E-state index in [4.69, 9.17) is 4.74 Å². The van der Waals surface area contributed by atoms with E-state index >= 15 is 0 Å². The summed E-state index contributed by atoms with van der Waals surface area (Å²) in [7, 11) is 1.67. The Kier molecular flexibility index (Phi) is 5.66. The lowest BCUT2D eigenvalue weighted by Crippen LogP contribution is -2.38. The molecule has 0 saturated carbocycles. The van der Waals surface area contributed by atoms with Crippen LogP contribution in [0.2, 0.25) is 0 Å². The van der Waals surface area contributed by atoms with Crippen LogP contribution in [0.25, 0.3) is 10.9 Å². The van der Waals surface area contributed by atoms with Crippen LogP contribution < -0.4 is 9.64 Å². The molecule has 0 unspecified atom stereocenters. The number of carbonyl (C=O) groups excluding carboxylic acids is 1. The highest BCUT2D eigenvalue weighted by molar-refractivity contribution is 5.96. The molecule has 8 nitrogen and oxygen atoms in total. The molecular formula is C25H28N4O4. The van der Waals surface area contributed by atoms with Crippen molar-refractivity contribution in [3.05, 3.63) is 63.8 Å². The maximum atomic E-state index is 13.2. The van der Waals surface area contributed by atoms with Crippen LogP contribution in [-0.2, 0) is 0 Å². The third-order valence-electron chi connectivity index (χ3n) is 7.01. The second-order valence-electron chi connectivity index (χ2n) is 8.88. The zero-order chi connectivity index (χ0) is 22.9. The van der Waals surface area contributed by atoms with E-state index in [0.717, 1.165) is 55.4 Å². The number of nitrogens with one attached hydrogen (secondary N) is 1. The van der Waals surface area contributed by atoms with Crippen molar-refractivity contribution in [1.29, 1.82) is 0 Å². The molecule has 1 amide bonds. The van der Waals surface area contributed by atoms with Gasteiger partial charge < -0.3 is 19.5 Å². The van der Waals surface area contributed by atoms with Crippen LogP contribution in [0.1, 0.15) is 47.5 Å². The second-order valence-corrected chi connectivity index (χ2v) is 8.88. The summed E-state index contributed by atoms with van der Waals surface area (Å²) >= 11 is 0. The van der Waals surface area contributed by atoms with E-state index in [9.17, 15) is 14.9 Å². The van der Waals surface area contributed by atoms with Gasteiger partial charge in [-0.25, -0.2) is 0 Å². The Bertz CT molecular complexity index is 1190. The number of aromatic amines is 1. The van der Waals surface area contributed by atoms with Gasteiger partial charge in [-0.2, -0.15) is 0 Å². The lowest BCUT2D eigenvalue weighted by molar-refractivity contribution is -0.384. The Hall–Kier alpha value is -3.55. The molecule has 1 aromatic heterocycles. The SMILES string of the molecule is COc1ccc2[nH]cc(C3CCN(C(=O)c4ccc(N5CCCC5)c([N+](=O)[O-])c4)CC3)c2c1. The predicted octanol–water partition coefficient (Wildman–Crippen LogP) is 4.70. The summed E-state index contributed by atoms with van der Waals surface area (Å²) in [6.07, 6.45) is 5.84. The minimum Gasteiger partial charge on any atom is -0.497 e. The Morgan fingerprint density at radius 1 is 1.09 bits per heavy atom. The molecule has 2 aromatic carbocycles. The number of anilines is 1. The summed E-state index contributed by atoms with van der Waals surface area (Å²) in [6, 6.07) is 10.9. The molecule has 2 aliphatic heterocycles. The number of ether oxygens (including phenoxy) is 1. The van der Waals surface area contributed by atoms with E-state index in [1.807, 2.05) is 21.9 Å². The number of amides is 1. The lowest BCUT2D eigenvalue weighted by atomic mass is 9.89. The first kappa shape index (κ1) is 21.3. The minimum atomic E-state index is -0.373. The molecule has 0 radical (unpaired) electrons. The van der Waals surface area contributed by atoms with Crippen LogP contribution in [0.3, 0.4) is 0 Å². The average molecular weight is 449 g/mol. The molecule has 0 spiro atoms. The van der Waals surface area contributed by atoms with Gasteiger partial charge in [-0.15, -0.1) is 0 Å². The fraction of sp³-hybridized carbons (Fsp3) is 0.400. The molecule has 2 fully saturated rings. The maximum absolute atomic E-state index is 13.2. The third kappa shape index (κ3) is 4.01. The molecule has 0 bridgehead atoms. The van der Waals surface area contributed by atoms with Crippen molar-refractivity contribution >= 4 is 28.2 Å². The van der Waals surface area contributed by atoms with Crippen molar-refractivity contribution in [3.8, 4) is 5.75 Å². The molecule has 8 heteroatoms. The van der Waals surface area contributed by atoms with Crippen molar-refractivity contribution in [2.45, 2.75) is 31.6 Å². The monoisotopic (exact) mass is 448 g/mol. The molecular weight excluding hydrogens is 420 g/mol.